The maximum atomic E-state index is 11.0. The van der Waals surface area contributed by atoms with Crippen LogP contribution >= 0.6 is 0 Å². The first-order chi connectivity index (χ1) is 5.27. The van der Waals surface area contributed by atoms with Gasteiger partial charge in [-0.1, -0.05) is 13.0 Å². The summed E-state index contributed by atoms with van der Waals surface area (Å²) in [4.78, 5) is 11.0. The third-order valence-corrected chi connectivity index (χ3v) is 2.19. The molecule has 1 aliphatic rings. The Morgan fingerprint density at radius 3 is 3.00 bits per heavy atom. The Morgan fingerprint density at radius 1 is 1.82 bits per heavy atom. The number of rotatable bonds is 2. The van der Waals surface area contributed by atoms with Crippen molar-refractivity contribution >= 4 is 5.97 Å². The highest BCUT2D eigenvalue weighted by atomic mass is 16.5. The Hall–Kier alpha value is -0.790. The van der Waals surface area contributed by atoms with Crippen molar-refractivity contribution in [3.63, 3.8) is 0 Å². The zero-order valence-electron chi connectivity index (χ0n) is 7.09. The molecule has 1 rings (SSSR count). The molecule has 2 nitrogen and oxygen atoms in total. The standard InChI is InChI=1S/C9H14O2/c1-3-7-4-5-8(6-7)9(10)11-2/h6-7H,3-5H2,1-2H3/t7-/m0/s1. The van der Waals surface area contributed by atoms with Crippen LogP contribution < -0.4 is 0 Å². The van der Waals surface area contributed by atoms with Gasteiger partial charge in [0.15, 0.2) is 0 Å². The fourth-order valence-corrected chi connectivity index (χ4v) is 1.42. The van der Waals surface area contributed by atoms with Gasteiger partial charge in [0.25, 0.3) is 0 Å². The highest BCUT2D eigenvalue weighted by molar-refractivity contribution is 5.88. The molecule has 0 bridgehead atoms. The van der Waals surface area contributed by atoms with Gasteiger partial charge < -0.3 is 4.74 Å². The minimum Gasteiger partial charge on any atom is -0.466 e. The fourth-order valence-electron chi connectivity index (χ4n) is 1.42. The van der Waals surface area contributed by atoms with E-state index in [1.54, 1.807) is 0 Å². The van der Waals surface area contributed by atoms with Crippen molar-refractivity contribution in [2.75, 3.05) is 7.11 Å². The lowest BCUT2D eigenvalue weighted by atomic mass is 10.1. The fraction of sp³-hybridized carbons (Fsp3) is 0.667. The zero-order valence-corrected chi connectivity index (χ0v) is 7.09. The van der Waals surface area contributed by atoms with Crippen LogP contribution in [0, 0.1) is 5.92 Å². The van der Waals surface area contributed by atoms with E-state index in [4.69, 9.17) is 0 Å². The molecule has 0 spiro atoms. The van der Waals surface area contributed by atoms with Crippen LogP contribution in [-0.4, -0.2) is 13.1 Å². The van der Waals surface area contributed by atoms with Gasteiger partial charge in [-0.15, -0.1) is 0 Å². The lowest BCUT2D eigenvalue weighted by Crippen LogP contribution is -2.01. The first-order valence-electron chi connectivity index (χ1n) is 4.07. The summed E-state index contributed by atoms with van der Waals surface area (Å²) in [6, 6.07) is 0. The number of methoxy groups -OCH3 is 1. The van der Waals surface area contributed by atoms with Gasteiger partial charge in [-0.3, -0.25) is 0 Å². The minimum atomic E-state index is -0.152. The van der Waals surface area contributed by atoms with E-state index >= 15 is 0 Å². The van der Waals surface area contributed by atoms with Crippen molar-refractivity contribution in [3.05, 3.63) is 11.6 Å². The summed E-state index contributed by atoms with van der Waals surface area (Å²) in [5.41, 5.74) is 0.861. The second kappa shape index (κ2) is 3.56. The molecular formula is C9H14O2. The summed E-state index contributed by atoms with van der Waals surface area (Å²) in [6.07, 6.45) is 5.18. The number of hydrogen-bond acceptors (Lipinski definition) is 2. The monoisotopic (exact) mass is 154 g/mol. The van der Waals surface area contributed by atoms with Crippen molar-refractivity contribution in [2.24, 2.45) is 5.92 Å². The quantitative estimate of drug-likeness (QED) is 0.568. The van der Waals surface area contributed by atoms with Crippen LogP contribution in [0.3, 0.4) is 0 Å². The van der Waals surface area contributed by atoms with E-state index < -0.39 is 0 Å². The third-order valence-electron chi connectivity index (χ3n) is 2.19. The molecule has 0 aliphatic heterocycles. The largest absolute Gasteiger partial charge is 0.466 e. The first kappa shape index (κ1) is 8.31. The molecular weight excluding hydrogens is 140 g/mol. The molecule has 0 fully saturated rings. The minimum absolute atomic E-state index is 0.152. The molecule has 0 N–H and O–H groups in total. The first-order valence-corrected chi connectivity index (χ1v) is 4.07. The highest BCUT2D eigenvalue weighted by Gasteiger charge is 2.19. The summed E-state index contributed by atoms with van der Waals surface area (Å²) < 4.78 is 4.62. The smallest absolute Gasteiger partial charge is 0.333 e. The lowest BCUT2D eigenvalue weighted by molar-refractivity contribution is -0.136. The Balaban J connectivity index is 2.54. The van der Waals surface area contributed by atoms with Gasteiger partial charge in [0, 0.05) is 5.57 Å². The molecule has 11 heavy (non-hydrogen) atoms. The molecule has 0 saturated heterocycles. The molecule has 0 saturated carbocycles. The molecule has 2 heteroatoms. The van der Waals surface area contributed by atoms with Crippen LogP contribution in [0.1, 0.15) is 26.2 Å². The third kappa shape index (κ3) is 1.82. The van der Waals surface area contributed by atoms with Crippen molar-refractivity contribution in [3.8, 4) is 0 Å². The van der Waals surface area contributed by atoms with Gasteiger partial charge in [-0.05, 0) is 25.2 Å². The van der Waals surface area contributed by atoms with Crippen LogP contribution in [0.2, 0.25) is 0 Å². The topological polar surface area (TPSA) is 26.3 Å². The number of ether oxygens (including phenoxy) is 1. The average molecular weight is 154 g/mol. The summed E-state index contributed by atoms with van der Waals surface area (Å²) in [6.45, 7) is 2.14. The van der Waals surface area contributed by atoms with Crippen LogP contribution in [0.25, 0.3) is 0 Å². The van der Waals surface area contributed by atoms with Crippen LogP contribution in [0.4, 0.5) is 0 Å². The van der Waals surface area contributed by atoms with E-state index in [-0.39, 0.29) is 5.97 Å². The summed E-state index contributed by atoms with van der Waals surface area (Å²) in [5.74, 6) is 0.449. The summed E-state index contributed by atoms with van der Waals surface area (Å²) in [5, 5.41) is 0. The predicted octanol–water partition coefficient (Wildman–Crippen LogP) is 1.91. The van der Waals surface area contributed by atoms with E-state index in [0.29, 0.717) is 5.92 Å². The van der Waals surface area contributed by atoms with Crippen molar-refractivity contribution in [2.45, 2.75) is 26.2 Å². The average Bonchev–Trinajstić information content (AvgIpc) is 2.50. The van der Waals surface area contributed by atoms with E-state index in [9.17, 15) is 4.79 Å². The number of carbonyl (C=O) groups excluding carboxylic acids is 1. The van der Waals surface area contributed by atoms with E-state index in [0.717, 1.165) is 24.8 Å². The molecule has 1 atom stereocenters. The molecule has 0 unspecified atom stereocenters. The van der Waals surface area contributed by atoms with Gasteiger partial charge in [-0.2, -0.15) is 0 Å². The van der Waals surface area contributed by atoms with Crippen LogP contribution in [0.5, 0.6) is 0 Å². The number of allylic oxidation sites excluding steroid dienone is 1. The van der Waals surface area contributed by atoms with Crippen molar-refractivity contribution in [1.29, 1.82) is 0 Å². The van der Waals surface area contributed by atoms with Crippen LogP contribution in [-0.2, 0) is 9.53 Å². The second-order valence-electron chi connectivity index (χ2n) is 2.89. The SMILES string of the molecule is CC[C@@H]1C=C(C(=O)OC)CC1. The molecule has 0 radical (unpaired) electrons. The normalized spacial score (nSPS) is 23.1. The predicted molar refractivity (Wildman–Crippen MR) is 43.1 cm³/mol. The Bertz CT molecular complexity index is 182. The van der Waals surface area contributed by atoms with Crippen molar-refractivity contribution < 1.29 is 9.53 Å². The maximum Gasteiger partial charge on any atom is 0.333 e. The Kier molecular flexibility index (Phi) is 2.69. The van der Waals surface area contributed by atoms with Gasteiger partial charge in [0.1, 0.15) is 0 Å². The van der Waals surface area contributed by atoms with Gasteiger partial charge >= 0.3 is 5.97 Å². The second-order valence-corrected chi connectivity index (χ2v) is 2.89. The Labute approximate surface area is 67.2 Å². The van der Waals surface area contributed by atoms with E-state index in [1.165, 1.54) is 7.11 Å². The summed E-state index contributed by atoms with van der Waals surface area (Å²) >= 11 is 0. The molecule has 1 aliphatic carbocycles. The number of esters is 1. The van der Waals surface area contributed by atoms with Crippen molar-refractivity contribution in [1.82, 2.24) is 0 Å². The van der Waals surface area contributed by atoms with Gasteiger partial charge in [0.05, 0.1) is 7.11 Å². The summed E-state index contributed by atoms with van der Waals surface area (Å²) in [7, 11) is 1.43. The molecule has 0 aromatic carbocycles. The maximum absolute atomic E-state index is 11.0. The van der Waals surface area contributed by atoms with Gasteiger partial charge in [0.2, 0.25) is 0 Å². The van der Waals surface area contributed by atoms with E-state index in [1.807, 2.05) is 6.08 Å². The molecule has 0 aromatic heterocycles. The molecule has 62 valence electrons. The molecule has 0 heterocycles. The Morgan fingerprint density at radius 2 is 2.55 bits per heavy atom. The van der Waals surface area contributed by atoms with Gasteiger partial charge in [-0.25, -0.2) is 4.79 Å². The zero-order chi connectivity index (χ0) is 8.27. The van der Waals surface area contributed by atoms with Crippen LogP contribution in [0.15, 0.2) is 11.6 Å². The lowest BCUT2D eigenvalue weighted by Gasteiger charge is -1.97. The number of hydrogen-bond donors (Lipinski definition) is 0. The number of carbonyl (C=O) groups is 1. The highest BCUT2D eigenvalue weighted by Crippen LogP contribution is 2.26. The van der Waals surface area contributed by atoms with E-state index in [2.05, 4.69) is 11.7 Å². The molecule has 0 amide bonds. The molecule has 0 aromatic rings.